The topological polar surface area (TPSA) is 28.7 Å². The van der Waals surface area contributed by atoms with Crippen molar-refractivity contribution in [2.75, 3.05) is 0 Å². The molecule has 0 fully saturated rings. The second kappa shape index (κ2) is 8.71. The van der Waals surface area contributed by atoms with Crippen molar-refractivity contribution in [2.45, 2.75) is 32.6 Å². The number of benzene rings is 2. The Labute approximate surface area is 166 Å². The number of hydrogen-bond acceptors (Lipinski definition) is 1. The molecule has 2 aromatic carbocycles. The lowest BCUT2D eigenvalue weighted by molar-refractivity contribution is 0.730. The molecule has 2 heterocycles. The zero-order valence-corrected chi connectivity index (χ0v) is 16.4. The molecule has 0 unspecified atom stereocenters. The van der Waals surface area contributed by atoms with Crippen LogP contribution in [0.1, 0.15) is 49.4 Å². The third-order valence-corrected chi connectivity index (χ3v) is 5.03. The van der Waals surface area contributed by atoms with E-state index in [9.17, 15) is 0 Å². The van der Waals surface area contributed by atoms with Crippen molar-refractivity contribution in [3.8, 4) is 0 Å². The standard InChI is InChI=1S/C26H26N2/c1-2-3-4-5-9-12-22-16-17-23-24-19-21(14-13-20-10-7-6-8-11-20)15-18-25(24)28-26(23)27-22/h6-19H,2-5H2,1H3,(H,27,28)/b12-9+,14-13+. The summed E-state index contributed by atoms with van der Waals surface area (Å²) < 4.78 is 0. The van der Waals surface area contributed by atoms with E-state index in [1.807, 2.05) is 6.07 Å². The first kappa shape index (κ1) is 18.2. The number of unbranched alkanes of at least 4 members (excludes halogenated alkanes) is 3. The summed E-state index contributed by atoms with van der Waals surface area (Å²) in [5.41, 5.74) is 5.49. The smallest absolute Gasteiger partial charge is 0.139 e. The van der Waals surface area contributed by atoms with Gasteiger partial charge in [0.1, 0.15) is 5.65 Å². The number of H-pyrrole nitrogens is 1. The van der Waals surface area contributed by atoms with E-state index in [4.69, 9.17) is 4.98 Å². The maximum absolute atomic E-state index is 4.79. The Morgan fingerprint density at radius 2 is 1.68 bits per heavy atom. The van der Waals surface area contributed by atoms with Gasteiger partial charge in [0.05, 0.1) is 5.69 Å². The van der Waals surface area contributed by atoms with Gasteiger partial charge in [-0.25, -0.2) is 4.98 Å². The van der Waals surface area contributed by atoms with Crippen LogP contribution in [0.4, 0.5) is 0 Å². The number of aromatic nitrogens is 2. The highest BCUT2D eigenvalue weighted by atomic mass is 14.9. The van der Waals surface area contributed by atoms with Crippen LogP contribution in [0.15, 0.2) is 66.7 Å². The highest BCUT2D eigenvalue weighted by molar-refractivity contribution is 6.06. The van der Waals surface area contributed by atoms with E-state index in [1.54, 1.807) is 0 Å². The summed E-state index contributed by atoms with van der Waals surface area (Å²) in [6.07, 6.45) is 13.6. The molecule has 0 aliphatic rings. The van der Waals surface area contributed by atoms with E-state index in [2.05, 4.69) is 90.8 Å². The normalized spacial score (nSPS) is 12.0. The number of allylic oxidation sites excluding steroid dienone is 1. The van der Waals surface area contributed by atoms with Crippen molar-refractivity contribution in [3.63, 3.8) is 0 Å². The molecular formula is C26H26N2. The fraction of sp³-hybridized carbons (Fsp3) is 0.192. The lowest BCUT2D eigenvalue weighted by Crippen LogP contribution is -1.81. The van der Waals surface area contributed by atoms with Crippen molar-refractivity contribution in [1.82, 2.24) is 9.97 Å². The van der Waals surface area contributed by atoms with E-state index in [1.165, 1.54) is 41.2 Å². The number of rotatable bonds is 7. The fourth-order valence-electron chi connectivity index (χ4n) is 3.48. The van der Waals surface area contributed by atoms with E-state index in [-0.39, 0.29) is 0 Å². The van der Waals surface area contributed by atoms with Crippen LogP contribution in [-0.2, 0) is 0 Å². The van der Waals surface area contributed by atoms with Gasteiger partial charge in [0.2, 0.25) is 0 Å². The predicted molar refractivity (Wildman–Crippen MR) is 122 cm³/mol. The van der Waals surface area contributed by atoms with Crippen molar-refractivity contribution >= 4 is 40.2 Å². The molecule has 4 aromatic rings. The van der Waals surface area contributed by atoms with Crippen molar-refractivity contribution in [1.29, 1.82) is 0 Å². The summed E-state index contributed by atoms with van der Waals surface area (Å²) >= 11 is 0. The Balaban J connectivity index is 1.58. The van der Waals surface area contributed by atoms with Gasteiger partial charge in [-0.05, 0) is 54.3 Å². The second-order valence-electron chi connectivity index (χ2n) is 7.20. The Bertz CT molecular complexity index is 1120. The second-order valence-corrected chi connectivity index (χ2v) is 7.20. The average Bonchev–Trinajstić information content (AvgIpc) is 3.10. The van der Waals surface area contributed by atoms with Crippen LogP contribution in [0.25, 0.3) is 40.2 Å². The number of nitrogens with zero attached hydrogens (tertiary/aromatic N) is 1. The van der Waals surface area contributed by atoms with Crippen LogP contribution in [0.2, 0.25) is 0 Å². The van der Waals surface area contributed by atoms with E-state index in [0.29, 0.717) is 0 Å². The average molecular weight is 367 g/mol. The Hall–Kier alpha value is -3.13. The molecule has 0 aliphatic carbocycles. The lowest BCUT2D eigenvalue weighted by atomic mass is 10.1. The highest BCUT2D eigenvalue weighted by Gasteiger charge is 2.06. The maximum atomic E-state index is 4.79. The van der Waals surface area contributed by atoms with Crippen LogP contribution in [-0.4, -0.2) is 9.97 Å². The molecule has 0 bridgehead atoms. The van der Waals surface area contributed by atoms with Gasteiger partial charge in [-0.1, -0.05) is 74.4 Å². The zero-order valence-electron chi connectivity index (χ0n) is 16.4. The van der Waals surface area contributed by atoms with Gasteiger partial charge in [0.15, 0.2) is 0 Å². The number of hydrogen-bond donors (Lipinski definition) is 1. The molecule has 28 heavy (non-hydrogen) atoms. The largest absolute Gasteiger partial charge is 0.339 e. The molecule has 0 amide bonds. The van der Waals surface area contributed by atoms with E-state index < -0.39 is 0 Å². The van der Waals surface area contributed by atoms with Crippen molar-refractivity contribution in [3.05, 3.63) is 83.6 Å². The Morgan fingerprint density at radius 1 is 0.821 bits per heavy atom. The fourth-order valence-corrected chi connectivity index (χ4v) is 3.48. The van der Waals surface area contributed by atoms with Gasteiger partial charge in [-0.3, -0.25) is 0 Å². The minimum absolute atomic E-state index is 0.954. The molecule has 0 spiro atoms. The summed E-state index contributed by atoms with van der Waals surface area (Å²) in [4.78, 5) is 8.25. The first-order valence-corrected chi connectivity index (χ1v) is 10.2. The van der Waals surface area contributed by atoms with Crippen LogP contribution in [0.3, 0.4) is 0 Å². The minimum atomic E-state index is 0.954. The molecule has 0 aliphatic heterocycles. The van der Waals surface area contributed by atoms with Crippen LogP contribution < -0.4 is 0 Å². The number of aromatic amines is 1. The number of nitrogens with one attached hydrogen (secondary N) is 1. The first-order valence-electron chi connectivity index (χ1n) is 10.2. The van der Waals surface area contributed by atoms with E-state index >= 15 is 0 Å². The molecule has 1 N–H and O–H groups in total. The van der Waals surface area contributed by atoms with Crippen molar-refractivity contribution < 1.29 is 0 Å². The van der Waals surface area contributed by atoms with Gasteiger partial charge in [0.25, 0.3) is 0 Å². The summed E-state index contributed by atoms with van der Waals surface area (Å²) in [5, 5.41) is 2.39. The molecule has 4 rings (SSSR count). The quantitative estimate of drug-likeness (QED) is 0.266. The predicted octanol–water partition coefficient (Wildman–Crippen LogP) is 7.48. The van der Waals surface area contributed by atoms with E-state index in [0.717, 1.165) is 23.3 Å². The Morgan fingerprint density at radius 3 is 2.54 bits per heavy atom. The Kier molecular flexibility index (Phi) is 5.67. The van der Waals surface area contributed by atoms with Gasteiger partial charge >= 0.3 is 0 Å². The SMILES string of the molecule is CCCCC/C=C/c1ccc2c(n1)[nH]c1ccc(/C=C/c3ccccc3)cc12. The van der Waals surface area contributed by atoms with Crippen LogP contribution >= 0.6 is 0 Å². The van der Waals surface area contributed by atoms with Gasteiger partial charge in [0, 0.05) is 16.3 Å². The summed E-state index contributed by atoms with van der Waals surface area (Å²) in [5.74, 6) is 0. The monoisotopic (exact) mass is 366 g/mol. The molecule has 0 saturated carbocycles. The van der Waals surface area contributed by atoms with Gasteiger partial charge < -0.3 is 4.98 Å². The maximum Gasteiger partial charge on any atom is 0.139 e. The molecule has 2 nitrogen and oxygen atoms in total. The van der Waals surface area contributed by atoms with Crippen LogP contribution in [0, 0.1) is 0 Å². The van der Waals surface area contributed by atoms with Gasteiger partial charge in [-0.2, -0.15) is 0 Å². The molecule has 0 radical (unpaired) electrons. The van der Waals surface area contributed by atoms with Crippen LogP contribution in [0.5, 0.6) is 0 Å². The molecule has 0 saturated heterocycles. The van der Waals surface area contributed by atoms with Crippen molar-refractivity contribution in [2.24, 2.45) is 0 Å². The molecule has 2 heteroatoms. The third kappa shape index (κ3) is 4.23. The lowest BCUT2D eigenvalue weighted by Gasteiger charge is -1.97. The molecule has 140 valence electrons. The number of fused-ring (bicyclic) bond motifs is 3. The van der Waals surface area contributed by atoms with Gasteiger partial charge in [-0.15, -0.1) is 0 Å². The third-order valence-electron chi connectivity index (χ3n) is 5.03. The molecular weight excluding hydrogens is 340 g/mol. The number of pyridine rings is 1. The summed E-state index contributed by atoms with van der Waals surface area (Å²) in [7, 11) is 0. The highest BCUT2D eigenvalue weighted by Crippen LogP contribution is 2.26. The molecule has 0 atom stereocenters. The zero-order chi connectivity index (χ0) is 19.2. The first-order chi connectivity index (χ1) is 13.8. The minimum Gasteiger partial charge on any atom is -0.339 e. The molecule has 2 aromatic heterocycles. The summed E-state index contributed by atoms with van der Waals surface area (Å²) in [6.45, 7) is 2.23. The summed E-state index contributed by atoms with van der Waals surface area (Å²) in [6, 6.07) is 21.2.